The van der Waals surface area contributed by atoms with Crippen LogP contribution in [0.5, 0.6) is 5.75 Å². The van der Waals surface area contributed by atoms with Gasteiger partial charge in [0.2, 0.25) is 5.91 Å². The van der Waals surface area contributed by atoms with Crippen molar-refractivity contribution in [1.82, 2.24) is 15.5 Å². The number of amides is 1. The summed E-state index contributed by atoms with van der Waals surface area (Å²) in [6.45, 7) is 7.37. The molecule has 1 heterocycles. The Morgan fingerprint density at radius 2 is 1.81 bits per heavy atom. The standard InChI is InChI=1S/C24H32N4O2.HI/c1-3-23(29)28-15-14-21(17-28)27-24(25-4-2)26-16-19-10-8-9-11-20(19)18-30-22-12-6-5-7-13-22;/h5-13,21H,3-4,14-18H2,1-2H3,(H2,25,26,27);1H. The fraction of sp³-hybridized carbons (Fsp3) is 0.417. The van der Waals surface area contributed by atoms with Gasteiger partial charge in [0.15, 0.2) is 5.96 Å². The Hall–Kier alpha value is -2.29. The summed E-state index contributed by atoms with van der Waals surface area (Å²) < 4.78 is 5.92. The third-order valence-corrected chi connectivity index (χ3v) is 5.19. The van der Waals surface area contributed by atoms with E-state index in [2.05, 4.69) is 29.7 Å². The fourth-order valence-electron chi connectivity index (χ4n) is 3.54. The summed E-state index contributed by atoms with van der Waals surface area (Å²) in [6.07, 6.45) is 1.50. The molecule has 1 aliphatic heterocycles. The molecule has 6 nitrogen and oxygen atoms in total. The first-order valence-corrected chi connectivity index (χ1v) is 10.8. The topological polar surface area (TPSA) is 66.0 Å². The normalized spacial score (nSPS) is 15.9. The highest BCUT2D eigenvalue weighted by molar-refractivity contribution is 14.0. The minimum Gasteiger partial charge on any atom is -0.489 e. The number of carbonyl (C=O) groups excluding carboxylic acids is 1. The Labute approximate surface area is 202 Å². The van der Waals surface area contributed by atoms with Crippen LogP contribution < -0.4 is 15.4 Å². The predicted molar refractivity (Wildman–Crippen MR) is 136 cm³/mol. The van der Waals surface area contributed by atoms with E-state index in [-0.39, 0.29) is 35.9 Å². The quantitative estimate of drug-likeness (QED) is 0.305. The van der Waals surface area contributed by atoms with Crippen LogP contribution in [0.15, 0.2) is 59.6 Å². The Morgan fingerprint density at radius 3 is 2.52 bits per heavy atom. The smallest absolute Gasteiger partial charge is 0.222 e. The average molecular weight is 536 g/mol. The Balaban J connectivity index is 0.00000341. The second-order valence-electron chi connectivity index (χ2n) is 7.39. The summed E-state index contributed by atoms with van der Waals surface area (Å²) >= 11 is 0. The molecule has 168 valence electrons. The van der Waals surface area contributed by atoms with E-state index in [1.165, 1.54) is 0 Å². The van der Waals surface area contributed by atoms with Crippen molar-refractivity contribution in [2.24, 2.45) is 4.99 Å². The Bertz CT molecular complexity index is 844. The molecule has 0 bridgehead atoms. The second-order valence-corrected chi connectivity index (χ2v) is 7.39. The lowest BCUT2D eigenvalue weighted by Gasteiger charge is -2.19. The summed E-state index contributed by atoms with van der Waals surface area (Å²) in [5.74, 6) is 1.86. The Kier molecular flexibility index (Phi) is 10.6. The van der Waals surface area contributed by atoms with Gasteiger partial charge in [-0.3, -0.25) is 4.79 Å². The molecule has 3 rings (SSSR count). The number of ether oxygens (including phenoxy) is 1. The van der Waals surface area contributed by atoms with Gasteiger partial charge in [0.05, 0.1) is 6.54 Å². The molecular weight excluding hydrogens is 503 g/mol. The third kappa shape index (κ3) is 7.72. The van der Waals surface area contributed by atoms with Gasteiger partial charge in [-0.15, -0.1) is 24.0 Å². The maximum absolute atomic E-state index is 11.9. The van der Waals surface area contributed by atoms with Crippen molar-refractivity contribution >= 4 is 35.8 Å². The summed E-state index contributed by atoms with van der Waals surface area (Å²) in [7, 11) is 0. The molecule has 2 aromatic carbocycles. The first kappa shape index (κ1) is 25.0. The van der Waals surface area contributed by atoms with Gasteiger partial charge in [-0.1, -0.05) is 49.4 Å². The fourth-order valence-corrected chi connectivity index (χ4v) is 3.54. The molecule has 1 atom stereocenters. The highest BCUT2D eigenvalue weighted by Crippen LogP contribution is 2.16. The van der Waals surface area contributed by atoms with Crippen molar-refractivity contribution in [2.75, 3.05) is 19.6 Å². The van der Waals surface area contributed by atoms with Crippen LogP contribution in [0.2, 0.25) is 0 Å². The monoisotopic (exact) mass is 536 g/mol. The van der Waals surface area contributed by atoms with Gasteiger partial charge < -0.3 is 20.3 Å². The number of hydrogen-bond donors (Lipinski definition) is 2. The second kappa shape index (κ2) is 13.2. The van der Waals surface area contributed by atoms with E-state index in [4.69, 9.17) is 9.73 Å². The lowest BCUT2D eigenvalue weighted by atomic mass is 10.1. The number of rotatable bonds is 8. The number of carbonyl (C=O) groups is 1. The summed E-state index contributed by atoms with van der Waals surface area (Å²) in [5, 5.41) is 6.81. The SMILES string of the molecule is CCNC(=NCc1ccccc1COc1ccccc1)NC1CCN(C(=O)CC)C1.I. The third-order valence-electron chi connectivity index (χ3n) is 5.19. The largest absolute Gasteiger partial charge is 0.489 e. The molecule has 1 aliphatic rings. The maximum Gasteiger partial charge on any atom is 0.222 e. The van der Waals surface area contributed by atoms with E-state index < -0.39 is 0 Å². The first-order valence-electron chi connectivity index (χ1n) is 10.8. The molecule has 0 spiro atoms. The van der Waals surface area contributed by atoms with Crippen LogP contribution in [0.1, 0.15) is 37.8 Å². The minimum absolute atomic E-state index is 0. The van der Waals surface area contributed by atoms with Gasteiger partial charge in [-0.25, -0.2) is 4.99 Å². The van der Waals surface area contributed by atoms with Crippen molar-refractivity contribution in [3.8, 4) is 5.75 Å². The van der Waals surface area contributed by atoms with Gasteiger partial charge >= 0.3 is 0 Å². The van der Waals surface area contributed by atoms with Crippen molar-refractivity contribution in [3.63, 3.8) is 0 Å². The number of nitrogens with zero attached hydrogens (tertiary/aromatic N) is 2. The lowest BCUT2D eigenvalue weighted by molar-refractivity contribution is -0.129. The van der Waals surface area contributed by atoms with Crippen molar-refractivity contribution in [2.45, 2.75) is 45.9 Å². The number of nitrogens with one attached hydrogen (secondary N) is 2. The van der Waals surface area contributed by atoms with Crippen LogP contribution in [-0.4, -0.2) is 42.4 Å². The lowest BCUT2D eigenvalue weighted by Crippen LogP contribution is -2.45. The number of likely N-dealkylation sites (tertiary alicyclic amines) is 1. The van der Waals surface area contributed by atoms with Crippen molar-refractivity contribution in [3.05, 3.63) is 65.7 Å². The average Bonchev–Trinajstić information content (AvgIpc) is 3.25. The van der Waals surface area contributed by atoms with E-state index in [0.717, 1.165) is 48.9 Å². The zero-order chi connectivity index (χ0) is 21.2. The van der Waals surface area contributed by atoms with Gasteiger partial charge in [-0.2, -0.15) is 0 Å². The number of aliphatic imine (C=N–C) groups is 1. The molecule has 0 radical (unpaired) electrons. The van der Waals surface area contributed by atoms with Crippen LogP contribution >= 0.6 is 24.0 Å². The molecule has 0 aromatic heterocycles. The predicted octanol–water partition coefficient (Wildman–Crippen LogP) is 3.95. The molecule has 2 N–H and O–H groups in total. The van der Waals surface area contributed by atoms with Crippen LogP contribution in [0.4, 0.5) is 0 Å². The van der Waals surface area contributed by atoms with E-state index in [9.17, 15) is 4.79 Å². The minimum atomic E-state index is 0. The zero-order valence-electron chi connectivity index (χ0n) is 18.3. The van der Waals surface area contributed by atoms with Crippen molar-refractivity contribution < 1.29 is 9.53 Å². The molecule has 1 saturated heterocycles. The van der Waals surface area contributed by atoms with Crippen LogP contribution in [-0.2, 0) is 17.9 Å². The van der Waals surface area contributed by atoms with Gasteiger partial charge in [0, 0.05) is 32.1 Å². The van der Waals surface area contributed by atoms with Crippen LogP contribution in [0.3, 0.4) is 0 Å². The molecule has 1 fully saturated rings. The number of benzene rings is 2. The number of halogens is 1. The highest BCUT2D eigenvalue weighted by Gasteiger charge is 2.25. The number of hydrogen-bond acceptors (Lipinski definition) is 3. The van der Waals surface area contributed by atoms with Crippen LogP contribution in [0.25, 0.3) is 0 Å². The molecule has 31 heavy (non-hydrogen) atoms. The Morgan fingerprint density at radius 1 is 1.10 bits per heavy atom. The first-order chi connectivity index (χ1) is 14.7. The molecule has 0 saturated carbocycles. The molecule has 1 unspecified atom stereocenters. The summed E-state index contributed by atoms with van der Waals surface area (Å²) in [6, 6.07) is 18.3. The van der Waals surface area contributed by atoms with Crippen LogP contribution in [0, 0.1) is 0 Å². The van der Waals surface area contributed by atoms with Gasteiger partial charge in [0.25, 0.3) is 0 Å². The van der Waals surface area contributed by atoms with Gasteiger partial charge in [-0.05, 0) is 36.6 Å². The molecule has 7 heteroatoms. The van der Waals surface area contributed by atoms with E-state index in [0.29, 0.717) is 19.6 Å². The summed E-state index contributed by atoms with van der Waals surface area (Å²) in [4.78, 5) is 18.6. The molecular formula is C24H33IN4O2. The molecule has 1 amide bonds. The highest BCUT2D eigenvalue weighted by atomic mass is 127. The maximum atomic E-state index is 11.9. The summed E-state index contributed by atoms with van der Waals surface area (Å²) in [5.41, 5.74) is 2.27. The number of guanidine groups is 1. The van der Waals surface area contributed by atoms with E-state index in [1.807, 2.05) is 54.3 Å². The van der Waals surface area contributed by atoms with Crippen molar-refractivity contribution in [1.29, 1.82) is 0 Å². The molecule has 2 aromatic rings. The van der Waals surface area contributed by atoms with E-state index in [1.54, 1.807) is 0 Å². The van der Waals surface area contributed by atoms with Gasteiger partial charge in [0.1, 0.15) is 12.4 Å². The number of para-hydroxylation sites is 1. The van der Waals surface area contributed by atoms with E-state index >= 15 is 0 Å². The zero-order valence-corrected chi connectivity index (χ0v) is 20.7. The molecule has 0 aliphatic carbocycles.